The molecule has 8 aromatic rings. The molecule has 0 fully saturated rings. The lowest BCUT2D eigenvalue weighted by Gasteiger charge is -2.20. The number of anilines is 3. The van der Waals surface area contributed by atoms with Crippen molar-refractivity contribution in [1.29, 1.82) is 0 Å². The van der Waals surface area contributed by atoms with Crippen molar-refractivity contribution in [2.75, 3.05) is 10.6 Å². The van der Waals surface area contributed by atoms with Crippen LogP contribution in [0.1, 0.15) is 11.1 Å². The van der Waals surface area contributed by atoms with Gasteiger partial charge in [-0.05, 0) is 109 Å². The van der Waals surface area contributed by atoms with Gasteiger partial charge in [0.05, 0.1) is 11.4 Å². The van der Waals surface area contributed by atoms with Crippen LogP contribution in [0.2, 0.25) is 0 Å². The standard InChI is InChI=1S/C40H30N2/c1-26-21-30-17-19-34-32(25-41-37-13-7-8-14-38(37)42-33-11-3-2-4-12-33)24-36(35-20-18-31(22-26)39(30)40(34)35)29-16-15-27-9-5-6-10-28(27)23-29/h2-24,41-42H,25H2,1H3. The van der Waals surface area contributed by atoms with E-state index in [1.54, 1.807) is 0 Å². The van der Waals surface area contributed by atoms with E-state index < -0.39 is 0 Å². The molecule has 0 saturated carbocycles. The van der Waals surface area contributed by atoms with Crippen molar-refractivity contribution in [2.45, 2.75) is 13.5 Å². The van der Waals surface area contributed by atoms with Gasteiger partial charge in [-0.25, -0.2) is 0 Å². The van der Waals surface area contributed by atoms with Gasteiger partial charge in [0.25, 0.3) is 0 Å². The molecule has 2 nitrogen and oxygen atoms in total. The van der Waals surface area contributed by atoms with E-state index in [0.29, 0.717) is 6.54 Å². The molecule has 0 aromatic heterocycles. The summed E-state index contributed by atoms with van der Waals surface area (Å²) in [6.07, 6.45) is 0. The van der Waals surface area contributed by atoms with Gasteiger partial charge in [-0.15, -0.1) is 0 Å². The molecule has 2 N–H and O–H groups in total. The third-order valence-electron chi connectivity index (χ3n) is 8.46. The van der Waals surface area contributed by atoms with Crippen molar-refractivity contribution < 1.29 is 0 Å². The quantitative estimate of drug-likeness (QED) is 0.206. The zero-order valence-corrected chi connectivity index (χ0v) is 23.5. The molecular weight excluding hydrogens is 508 g/mol. The van der Waals surface area contributed by atoms with Gasteiger partial charge in [-0.1, -0.05) is 103 Å². The van der Waals surface area contributed by atoms with E-state index >= 15 is 0 Å². The van der Waals surface area contributed by atoms with E-state index in [-0.39, 0.29) is 0 Å². The maximum absolute atomic E-state index is 3.78. The first-order valence-corrected chi connectivity index (χ1v) is 14.6. The van der Waals surface area contributed by atoms with Crippen LogP contribution in [0.25, 0.3) is 54.2 Å². The highest BCUT2D eigenvalue weighted by Gasteiger charge is 2.16. The minimum Gasteiger partial charge on any atom is -0.379 e. The average molecular weight is 539 g/mol. The first-order chi connectivity index (χ1) is 20.7. The van der Waals surface area contributed by atoms with E-state index in [2.05, 4.69) is 151 Å². The van der Waals surface area contributed by atoms with E-state index in [1.165, 1.54) is 65.3 Å². The Kier molecular flexibility index (Phi) is 5.79. The van der Waals surface area contributed by atoms with E-state index in [0.717, 1.165) is 17.1 Å². The number of rotatable bonds is 6. The van der Waals surface area contributed by atoms with E-state index in [9.17, 15) is 0 Å². The van der Waals surface area contributed by atoms with Gasteiger partial charge < -0.3 is 10.6 Å². The normalized spacial score (nSPS) is 11.5. The number of benzene rings is 8. The lowest BCUT2D eigenvalue weighted by molar-refractivity contribution is 1.17. The molecule has 8 rings (SSSR count). The molecule has 200 valence electrons. The molecule has 0 radical (unpaired) electrons. The Morgan fingerprint density at radius 1 is 0.500 bits per heavy atom. The van der Waals surface area contributed by atoms with Gasteiger partial charge in [0.15, 0.2) is 0 Å². The molecular formula is C40H30N2. The van der Waals surface area contributed by atoms with Crippen molar-refractivity contribution >= 4 is 60.2 Å². The van der Waals surface area contributed by atoms with Crippen LogP contribution in [0.15, 0.2) is 140 Å². The Morgan fingerprint density at radius 2 is 1.17 bits per heavy atom. The summed E-state index contributed by atoms with van der Waals surface area (Å²) in [4.78, 5) is 0. The van der Waals surface area contributed by atoms with E-state index in [4.69, 9.17) is 0 Å². The SMILES string of the molecule is Cc1cc2ccc3c(CNc4ccccc4Nc4ccccc4)cc(-c4ccc5ccccc5c4)c4ccc(c1)c2c34. The Balaban J connectivity index is 1.30. The highest BCUT2D eigenvalue weighted by molar-refractivity contribution is 6.26. The molecule has 0 aliphatic rings. The molecule has 0 atom stereocenters. The third-order valence-corrected chi connectivity index (χ3v) is 8.46. The van der Waals surface area contributed by atoms with Gasteiger partial charge in [0.2, 0.25) is 0 Å². The fraction of sp³-hybridized carbons (Fsp3) is 0.0500. The number of para-hydroxylation sites is 3. The number of aryl methyl sites for hydroxylation is 1. The molecule has 0 saturated heterocycles. The predicted molar refractivity (Wildman–Crippen MR) is 181 cm³/mol. The molecule has 0 heterocycles. The van der Waals surface area contributed by atoms with Crippen molar-refractivity contribution in [3.05, 3.63) is 151 Å². The zero-order valence-electron chi connectivity index (χ0n) is 23.5. The smallest absolute Gasteiger partial charge is 0.0620 e. The summed E-state index contributed by atoms with van der Waals surface area (Å²) in [5, 5.41) is 17.8. The Morgan fingerprint density at radius 3 is 1.98 bits per heavy atom. The molecule has 0 amide bonds. The number of hydrogen-bond donors (Lipinski definition) is 2. The van der Waals surface area contributed by atoms with Gasteiger partial charge in [-0.2, -0.15) is 0 Å². The largest absolute Gasteiger partial charge is 0.379 e. The molecule has 8 aromatic carbocycles. The second-order valence-electron chi connectivity index (χ2n) is 11.2. The molecule has 42 heavy (non-hydrogen) atoms. The molecule has 2 heteroatoms. The lowest BCUT2D eigenvalue weighted by Crippen LogP contribution is -2.04. The van der Waals surface area contributed by atoms with Crippen molar-refractivity contribution in [1.82, 2.24) is 0 Å². The monoisotopic (exact) mass is 538 g/mol. The summed E-state index contributed by atoms with van der Waals surface area (Å²) in [5.41, 5.74) is 8.31. The van der Waals surface area contributed by atoms with Crippen LogP contribution in [0.4, 0.5) is 17.1 Å². The van der Waals surface area contributed by atoms with Crippen LogP contribution in [-0.2, 0) is 6.54 Å². The summed E-state index contributed by atoms with van der Waals surface area (Å²) >= 11 is 0. The lowest BCUT2D eigenvalue weighted by atomic mass is 9.86. The van der Waals surface area contributed by atoms with Crippen molar-refractivity contribution in [3.63, 3.8) is 0 Å². The zero-order chi connectivity index (χ0) is 28.0. The predicted octanol–water partition coefficient (Wildman–Crippen LogP) is 11.1. The van der Waals surface area contributed by atoms with E-state index in [1.807, 2.05) is 6.07 Å². The summed E-state index contributed by atoms with van der Waals surface area (Å²) in [7, 11) is 0. The summed E-state index contributed by atoms with van der Waals surface area (Å²) in [6.45, 7) is 2.90. The van der Waals surface area contributed by atoms with Crippen LogP contribution in [-0.4, -0.2) is 0 Å². The van der Waals surface area contributed by atoms with Crippen LogP contribution < -0.4 is 10.6 Å². The topological polar surface area (TPSA) is 24.1 Å². The van der Waals surface area contributed by atoms with Gasteiger partial charge in [-0.3, -0.25) is 0 Å². The molecule has 0 unspecified atom stereocenters. The second kappa shape index (κ2) is 9.94. The van der Waals surface area contributed by atoms with Gasteiger partial charge in [0.1, 0.15) is 0 Å². The minimum absolute atomic E-state index is 0.710. The van der Waals surface area contributed by atoms with Crippen molar-refractivity contribution in [2.24, 2.45) is 0 Å². The summed E-state index contributed by atoms with van der Waals surface area (Å²) in [6, 6.07) is 50.5. The number of nitrogens with one attached hydrogen (secondary N) is 2. The summed E-state index contributed by atoms with van der Waals surface area (Å²) < 4.78 is 0. The maximum Gasteiger partial charge on any atom is 0.0620 e. The number of hydrogen-bond acceptors (Lipinski definition) is 2. The van der Waals surface area contributed by atoms with Crippen LogP contribution >= 0.6 is 0 Å². The average Bonchev–Trinajstić information content (AvgIpc) is 3.03. The molecule has 0 spiro atoms. The molecule has 0 aliphatic heterocycles. The maximum atomic E-state index is 3.78. The Bertz CT molecular complexity index is 2210. The highest BCUT2D eigenvalue weighted by atomic mass is 15.0. The van der Waals surface area contributed by atoms with Crippen LogP contribution in [0.3, 0.4) is 0 Å². The fourth-order valence-electron chi connectivity index (χ4n) is 6.50. The van der Waals surface area contributed by atoms with Crippen molar-refractivity contribution in [3.8, 4) is 11.1 Å². The van der Waals surface area contributed by atoms with Crippen LogP contribution in [0.5, 0.6) is 0 Å². The summed E-state index contributed by atoms with van der Waals surface area (Å²) in [5.74, 6) is 0. The number of fused-ring (bicyclic) bond motifs is 1. The first-order valence-electron chi connectivity index (χ1n) is 14.6. The Labute approximate surface area is 245 Å². The fourth-order valence-corrected chi connectivity index (χ4v) is 6.50. The minimum atomic E-state index is 0.710. The van der Waals surface area contributed by atoms with Gasteiger partial charge >= 0.3 is 0 Å². The van der Waals surface area contributed by atoms with Crippen LogP contribution in [0, 0.1) is 6.92 Å². The first kappa shape index (κ1) is 24.5. The Hall–Kier alpha value is -5.34. The molecule has 0 bridgehead atoms. The molecule has 0 aliphatic carbocycles. The second-order valence-corrected chi connectivity index (χ2v) is 11.2. The third kappa shape index (κ3) is 4.20. The van der Waals surface area contributed by atoms with Gasteiger partial charge in [0, 0.05) is 12.2 Å². The highest BCUT2D eigenvalue weighted by Crippen LogP contribution is 2.42.